The summed E-state index contributed by atoms with van der Waals surface area (Å²) in [5.41, 5.74) is 15.3. The summed E-state index contributed by atoms with van der Waals surface area (Å²) in [5, 5.41) is 2.51. The van der Waals surface area contributed by atoms with E-state index < -0.39 is 0 Å². The van der Waals surface area contributed by atoms with Gasteiger partial charge in [0.15, 0.2) is 0 Å². The van der Waals surface area contributed by atoms with Crippen molar-refractivity contribution >= 4 is 27.8 Å². The highest BCUT2D eigenvalue weighted by Gasteiger charge is 2.18. The molecule has 9 aromatic carbocycles. The van der Waals surface area contributed by atoms with Gasteiger partial charge in [-0.05, 0) is 103 Å². The number of benzene rings is 9. The molecule has 0 saturated carbocycles. The minimum atomic E-state index is 1.09. The SMILES string of the molecule is c1ccc(-c2ccc(N(c3ccc(-c4cccc5ccccc45)cc3)c3ccc(-c4ccccc4-c4ccccc4)c(-c4ccccc4)c3)cc2)cc1. The smallest absolute Gasteiger partial charge is 0.0468 e. The molecule has 9 rings (SSSR count). The lowest BCUT2D eigenvalue weighted by Gasteiger charge is -2.27. The van der Waals surface area contributed by atoms with Crippen LogP contribution in [0.25, 0.3) is 66.4 Å². The van der Waals surface area contributed by atoms with Gasteiger partial charge in [0.25, 0.3) is 0 Å². The first-order valence-corrected chi connectivity index (χ1v) is 18.2. The maximum absolute atomic E-state index is 2.38. The molecule has 0 radical (unpaired) electrons. The lowest BCUT2D eigenvalue weighted by molar-refractivity contribution is 1.28. The Balaban J connectivity index is 1.20. The van der Waals surface area contributed by atoms with Crippen LogP contribution in [0.15, 0.2) is 224 Å². The Kier molecular flexibility index (Phi) is 8.66. The van der Waals surface area contributed by atoms with E-state index in [1.807, 2.05) is 0 Å². The van der Waals surface area contributed by atoms with Crippen LogP contribution >= 0.6 is 0 Å². The van der Waals surface area contributed by atoms with Gasteiger partial charge in [0, 0.05) is 17.1 Å². The Bertz CT molecular complexity index is 2620. The van der Waals surface area contributed by atoms with Crippen molar-refractivity contribution in [1.29, 1.82) is 0 Å². The van der Waals surface area contributed by atoms with Gasteiger partial charge < -0.3 is 4.90 Å². The number of hydrogen-bond donors (Lipinski definition) is 0. The third-order valence-electron chi connectivity index (χ3n) is 10.1. The summed E-state index contributed by atoms with van der Waals surface area (Å²) in [6.45, 7) is 0. The first-order valence-electron chi connectivity index (χ1n) is 18.2. The molecular weight excluding hydrogens is 639 g/mol. The van der Waals surface area contributed by atoms with Crippen LogP contribution in [0.4, 0.5) is 17.1 Å². The van der Waals surface area contributed by atoms with E-state index in [1.54, 1.807) is 0 Å². The lowest BCUT2D eigenvalue weighted by atomic mass is 9.89. The standard InChI is InChI=1S/C52H37N/c1-4-15-38(16-5-1)39-27-31-44(32-28-39)53(45-33-29-43(30-34-45)48-26-14-22-41-21-10-11-23-47(41)48)46-35-36-51(52(37-46)42-19-8-3-9-20-42)50-25-13-12-24-49(50)40-17-6-2-7-18-40/h1-37H. The molecule has 0 aliphatic carbocycles. The van der Waals surface area contributed by atoms with Crippen LogP contribution in [-0.4, -0.2) is 0 Å². The Labute approximate surface area is 311 Å². The molecule has 1 heteroatoms. The summed E-state index contributed by atoms with van der Waals surface area (Å²) < 4.78 is 0. The van der Waals surface area contributed by atoms with E-state index in [0.717, 1.165) is 17.1 Å². The van der Waals surface area contributed by atoms with Gasteiger partial charge >= 0.3 is 0 Å². The Morgan fingerprint density at radius 2 is 0.642 bits per heavy atom. The van der Waals surface area contributed by atoms with Crippen molar-refractivity contribution in [3.63, 3.8) is 0 Å². The lowest BCUT2D eigenvalue weighted by Crippen LogP contribution is -2.10. The van der Waals surface area contributed by atoms with E-state index in [1.165, 1.54) is 66.4 Å². The quantitative estimate of drug-likeness (QED) is 0.155. The summed E-state index contributed by atoms with van der Waals surface area (Å²) in [5.74, 6) is 0. The highest BCUT2D eigenvalue weighted by Crippen LogP contribution is 2.44. The minimum Gasteiger partial charge on any atom is -0.310 e. The van der Waals surface area contributed by atoms with Gasteiger partial charge in [-0.1, -0.05) is 188 Å². The van der Waals surface area contributed by atoms with Crippen molar-refractivity contribution in [2.24, 2.45) is 0 Å². The molecular formula is C52H37N. The Morgan fingerprint density at radius 3 is 1.30 bits per heavy atom. The average Bonchev–Trinajstić information content (AvgIpc) is 3.25. The molecule has 0 unspecified atom stereocenters. The summed E-state index contributed by atoms with van der Waals surface area (Å²) in [4.78, 5) is 2.38. The van der Waals surface area contributed by atoms with E-state index >= 15 is 0 Å². The summed E-state index contributed by atoms with van der Waals surface area (Å²) in [7, 11) is 0. The molecule has 0 spiro atoms. The third kappa shape index (κ3) is 6.42. The number of rotatable bonds is 8. The van der Waals surface area contributed by atoms with Gasteiger partial charge in [0.05, 0.1) is 0 Å². The summed E-state index contributed by atoms with van der Waals surface area (Å²) in [6.07, 6.45) is 0. The fraction of sp³-hybridized carbons (Fsp3) is 0. The number of fused-ring (bicyclic) bond motifs is 1. The molecule has 0 saturated heterocycles. The van der Waals surface area contributed by atoms with Crippen LogP contribution in [-0.2, 0) is 0 Å². The largest absolute Gasteiger partial charge is 0.310 e. The molecule has 0 heterocycles. The Morgan fingerprint density at radius 1 is 0.226 bits per heavy atom. The van der Waals surface area contributed by atoms with E-state index in [9.17, 15) is 0 Å². The van der Waals surface area contributed by atoms with Crippen LogP contribution in [0, 0.1) is 0 Å². The van der Waals surface area contributed by atoms with E-state index in [2.05, 4.69) is 229 Å². The van der Waals surface area contributed by atoms with Gasteiger partial charge in [-0.3, -0.25) is 0 Å². The van der Waals surface area contributed by atoms with Crippen molar-refractivity contribution in [2.75, 3.05) is 4.90 Å². The zero-order chi connectivity index (χ0) is 35.4. The molecule has 250 valence electrons. The van der Waals surface area contributed by atoms with Crippen molar-refractivity contribution in [1.82, 2.24) is 0 Å². The third-order valence-corrected chi connectivity index (χ3v) is 10.1. The topological polar surface area (TPSA) is 3.24 Å². The van der Waals surface area contributed by atoms with Gasteiger partial charge in [0.2, 0.25) is 0 Å². The van der Waals surface area contributed by atoms with E-state index in [-0.39, 0.29) is 0 Å². The van der Waals surface area contributed by atoms with Crippen molar-refractivity contribution < 1.29 is 0 Å². The fourth-order valence-corrected chi connectivity index (χ4v) is 7.50. The van der Waals surface area contributed by atoms with Crippen molar-refractivity contribution in [3.8, 4) is 55.6 Å². The second kappa shape index (κ2) is 14.3. The molecule has 0 aliphatic heterocycles. The molecule has 0 fully saturated rings. The monoisotopic (exact) mass is 675 g/mol. The Hall–Kier alpha value is -6.96. The fourth-order valence-electron chi connectivity index (χ4n) is 7.50. The highest BCUT2D eigenvalue weighted by molar-refractivity contribution is 5.97. The predicted molar refractivity (Wildman–Crippen MR) is 226 cm³/mol. The van der Waals surface area contributed by atoms with Gasteiger partial charge in [-0.15, -0.1) is 0 Å². The van der Waals surface area contributed by atoms with Gasteiger partial charge in [-0.25, -0.2) is 0 Å². The first-order chi connectivity index (χ1) is 26.3. The van der Waals surface area contributed by atoms with Crippen LogP contribution < -0.4 is 4.90 Å². The molecule has 9 aromatic rings. The van der Waals surface area contributed by atoms with Crippen molar-refractivity contribution in [2.45, 2.75) is 0 Å². The minimum absolute atomic E-state index is 1.09. The summed E-state index contributed by atoms with van der Waals surface area (Å²) in [6, 6.07) is 80.8. The van der Waals surface area contributed by atoms with Crippen molar-refractivity contribution in [3.05, 3.63) is 224 Å². The van der Waals surface area contributed by atoms with Crippen LogP contribution in [0.3, 0.4) is 0 Å². The molecule has 0 bridgehead atoms. The van der Waals surface area contributed by atoms with Gasteiger partial charge in [0.1, 0.15) is 0 Å². The maximum Gasteiger partial charge on any atom is 0.0468 e. The zero-order valence-electron chi connectivity index (χ0n) is 29.3. The summed E-state index contributed by atoms with van der Waals surface area (Å²) >= 11 is 0. The molecule has 0 amide bonds. The highest BCUT2D eigenvalue weighted by atomic mass is 15.1. The normalized spacial score (nSPS) is 11.0. The van der Waals surface area contributed by atoms with Crippen LogP contribution in [0.1, 0.15) is 0 Å². The zero-order valence-corrected chi connectivity index (χ0v) is 29.3. The van der Waals surface area contributed by atoms with Gasteiger partial charge in [-0.2, -0.15) is 0 Å². The number of nitrogens with zero attached hydrogens (tertiary/aromatic N) is 1. The molecule has 0 aromatic heterocycles. The first kappa shape index (κ1) is 32.0. The van der Waals surface area contributed by atoms with Crippen LogP contribution in [0.2, 0.25) is 0 Å². The van der Waals surface area contributed by atoms with E-state index in [4.69, 9.17) is 0 Å². The number of anilines is 3. The molecule has 0 aliphatic rings. The second-order valence-corrected chi connectivity index (χ2v) is 13.3. The maximum atomic E-state index is 2.38. The molecule has 0 N–H and O–H groups in total. The average molecular weight is 676 g/mol. The van der Waals surface area contributed by atoms with E-state index in [0.29, 0.717) is 0 Å². The molecule has 53 heavy (non-hydrogen) atoms. The second-order valence-electron chi connectivity index (χ2n) is 13.3. The predicted octanol–water partition coefficient (Wildman–Crippen LogP) is 14.6. The molecule has 0 atom stereocenters. The van der Waals surface area contributed by atoms with Crippen LogP contribution in [0.5, 0.6) is 0 Å². The molecule has 1 nitrogen and oxygen atoms in total. The number of hydrogen-bond acceptors (Lipinski definition) is 1.